The molecule has 24 heavy (non-hydrogen) atoms. The van der Waals surface area contributed by atoms with Crippen LogP contribution >= 0.6 is 0 Å². The maximum Gasteiger partial charge on any atom is 0.120 e. The highest BCUT2D eigenvalue weighted by Crippen LogP contribution is 2.57. The molecule has 0 heterocycles. The molecular formula is C22H20O2. The quantitative estimate of drug-likeness (QED) is 0.837. The van der Waals surface area contributed by atoms with Gasteiger partial charge in [0, 0.05) is 11.0 Å². The molecule has 0 saturated heterocycles. The highest BCUT2D eigenvalue weighted by atomic mass is 16.3. The van der Waals surface area contributed by atoms with E-state index in [2.05, 4.69) is 25.3 Å². The van der Waals surface area contributed by atoms with Gasteiger partial charge >= 0.3 is 0 Å². The van der Waals surface area contributed by atoms with Gasteiger partial charge in [-0.2, -0.15) is 0 Å². The Morgan fingerprint density at radius 2 is 1.58 bits per heavy atom. The molecule has 1 spiro atoms. The Balaban J connectivity index is 2.06. The molecule has 2 aliphatic carbocycles. The van der Waals surface area contributed by atoms with E-state index in [1.807, 2.05) is 37.3 Å². The summed E-state index contributed by atoms with van der Waals surface area (Å²) in [5.74, 6) is 0.272. The molecule has 2 aromatic carbocycles. The van der Waals surface area contributed by atoms with Gasteiger partial charge in [-0.05, 0) is 53.3 Å². The second kappa shape index (κ2) is 4.71. The van der Waals surface area contributed by atoms with Crippen LogP contribution in [0.5, 0.6) is 0 Å². The lowest BCUT2D eigenvalue weighted by Gasteiger charge is -2.26. The van der Waals surface area contributed by atoms with Gasteiger partial charge in [-0.3, -0.25) is 0 Å². The van der Waals surface area contributed by atoms with Gasteiger partial charge in [0.25, 0.3) is 0 Å². The fourth-order valence-electron chi connectivity index (χ4n) is 4.30. The predicted octanol–water partition coefficient (Wildman–Crippen LogP) is 4.78. The van der Waals surface area contributed by atoms with Crippen molar-refractivity contribution >= 4 is 17.9 Å². The van der Waals surface area contributed by atoms with Crippen LogP contribution in [0.2, 0.25) is 0 Å². The number of hydrogen-bond donors (Lipinski definition) is 2. The molecule has 0 aliphatic heterocycles. The molecule has 120 valence electrons. The van der Waals surface area contributed by atoms with Crippen LogP contribution in [-0.4, -0.2) is 10.2 Å². The maximum absolute atomic E-state index is 11.0. The molecule has 0 aromatic heterocycles. The third-order valence-corrected chi connectivity index (χ3v) is 5.38. The first kappa shape index (κ1) is 15.0. The Bertz CT molecular complexity index is 918. The third kappa shape index (κ3) is 1.80. The summed E-state index contributed by atoms with van der Waals surface area (Å²) in [6.07, 6.45) is 6.00. The molecule has 2 heteroatoms. The van der Waals surface area contributed by atoms with Gasteiger partial charge in [-0.25, -0.2) is 0 Å². The summed E-state index contributed by atoms with van der Waals surface area (Å²) in [4.78, 5) is 0. The Labute approximate surface area is 142 Å². The number of allylic oxidation sites excluding steroid dienone is 1. The molecule has 4 rings (SSSR count). The number of aliphatic hydroxyl groups is 2. The second-order valence-electron chi connectivity index (χ2n) is 6.97. The summed E-state index contributed by atoms with van der Waals surface area (Å²) in [5.41, 5.74) is 4.35. The molecule has 0 fully saturated rings. The number of benzene rings is 2. The summed E-state index contributed by atoms with van der Waals surface area (Å²) >= 11 is 0. The first-order chi connectivity index (χ1) is 11.4. The summed E-state index contributed by atoms with van der Waals surface area (Å²) in [6.45, 7) is 9.54. The third-order valence-electron chi connectivity index (χ3n) is 5.38. The van der Waals surface area contributed by atoms with E-state index in [0.717, 1.165) is 33.4 Å². The summed E-state index contributed by atoms with van der Waals surface area (Å²) < 4.78 is 0. The predicted molar refractivity (Wildman–Crippen MR) is 98.6 cm³/mol. The van der Waals surface area contributed by atoms with Crippen LogP contribution in [0.4, 0.5) is 0 Å². The molecular weight excluding hydrogens is 296 g/mol. The molecule has 2 nitrogen and oxygen atoms in total. The average Bonchev–Trinajstić information content (AvgIpc) is 2.98. The molecule has 2 atom stereocenters. The van der Waals surface area contributed by atoms with Gasteiger partial charge in [0.2, 0.25) is 0 Å². The van der Waals surface area contributed by atoms with Crippen molar-refractivity contribution in [3.63, 3.8) is 0 Å². The van der Waals surface area contributed by atoms with Gasteiger partial charge in [0.05, 0.1) is 5.60 Å². The Kier molecular flexibility index (Phi) is 2.94. The van der Waals surface area contributed by atoms with E-state index in [-0.39, 0.29) is 5.76 Å². The molecule has 2 unspecified atom stereocenters. The Hall–Kier alpha value is -2.58. The average molecular weight is 316 g/mol. The summed E-state index contributed by atoms with van der Waals surface area (Å²) in [5, 5.41) is 21.5. The van der Waals surface area contributed by atoms with E-state index >= 15 is 0 Å². The van der Waals surface area contributed by atoms with Crippen LogP contribution in [0.3, 0.4) is 0 Å². The number of hydrogen-bond acceptors (Lipinski definition) is 2. The molecule has 2 aliphatic rings. The summed E-state index contributed by atoms with van der Waals surface area (Å²) in [6, 6.07) is 12.0. The minimum Gasteiger partial charge on any atom is -0.508 e. The fraction of sp³-hybridized carbons (Fsp3) is 0.182. The van der Waals surface area contributed by atoms with Crippen LogP contribution in [-0.2, 0) is 11.0 Å². The first-order valence-electron chi connectivity index (χ1n) is 8.10. The lowest BCUT2D eigenvalue weighted by atomic mass is 9.76. The van der Waals surface area contributed by atoms with E-state index in [0.29, 0.717) is 6.42 Å². The van der Waals surface area contributed by atoms with Gasteiger partial charge in [0.15, 0.2) is 0 Å². The van der Waals surface area contributed by atoms with Crippen molar-refractivity contribution in [2.75, 3.05) is 0 Å². The topological polar surface area (TPSA) is 40.5 Å². The van der Waals surface area contributed by atoms with Crippen LogP contribution in [0.25, 0.3) is 17.9 Å². The van der Waals surface area contributed by atoms with Crippen molar-refractivity contribution < 1.29 is 10.2 Å². The van der Waals surface area contributed by atoms with Gasteiger partial charge in [-0.1, -0.05) is 55.6 Å². The van der Waals surface area contributed by atoms with Crippen LogP contribution in [0.1, 0.15) is 46.7 Å². The standard InChI is InChI=1S/C22H20O2/c1-4-14-6-8-16-18(10-14)22(12-20(16)23)13-21(3,24)17-9-7-15(5-2)11-19(17)22/h4-12,23-24H,1-2,13H2,3H3. The van der Waals surface area contributed by atoms with Crippen LogP contribution in [0, 0.1) is 0 Å². The summed E-state index contributed by atoms with van der Waals surface area (Å²) in [7, 11) is 0. The van der Waals surface area contributed by atoms with Gasteiger partial charge in [-0.15, -0.1) is 0 Å². The normalized spacial score (nSPS) is 26.8. The second-order valence-corrected chi connectivity index (χ2v) is 6.97. The molecule has 0 saturated carbocycles. The van der Waals surface area contributed by atoms with E-state index < -0.39 is 11.0 Å². The van der Waals surface area contributed by atoms with E-state index in [1.54, 1.807) is 12.2 Å². The van der Waals surface area contributed by atoms with Gasteiger partial charge in [0.1, 0.15) is 5.76 Å². The van der Waals surface area contributed by atoms with E-state index in [4.69, 9.17) is 0 Å². The largest absolute Gasteiger partial charge is 0.508 e. The minimum atomic E-state index is -0.947. The lowest BCUT2D eigenvalue weighted by Crippen LogP contribution is -2.25. The molecule has 0 radical (unpaired) electrons. The Morgan fingerprint density at radius 3 is 2.25 bits per heavy atom. The lowest BCUT2D eigenvalue weighted by molar-refractivity contribution is 0.0508. The van der Waals surface area contributed by atoms with E-state index in [1.165, 1.54) is 0 Å². The van der Waals surface area contributed by atoms with Crippen molar-refractivity contribution in [1.82, 2.24) is 0 Å². The van der Waals surface area contributed by atoms with Gasteiger partial charge < -0.3 is 10.2 Å². The van der Waals surface area contributed by atoms with Crippen molar-refractivity contribution in [2.45, 2.75) is 24.4 Å². The molecule has 0 bridgehead atoms. The minimum absolute atomic E-state index is 0.272. The van der Waals surface area contributed by atoms with E-state index in [9.17, 15) is 10.2 Å². The molecule has 2 N–H and O–H groups in total. The van der Waals surface area contributed by atoms with Crippen molar-refractivity contribution in [3.05, 3.63) is 89.0 Å². The number of aliphatic hydroxyl groups excluding tert-OH is 1. The number of rotatable bonds is 2. The zero-order valence-corrected chi connectivity index (χ0v) is 13.7. The van der Waals surface area contributed by atoms with Crippen molar-refractivity contribution in [1.29, 1.82) is 0 Å². The maximum atomic E-state index is 11.0. The number of fused-ring (bicyclic) bond motifs is 4. The smallest absolute Gasteiger partial charge is 0.120 e. The van der Waals surface area contributed by atoms with Crippen LogP contribution < -0.4 is 0 Å². The Morgan fingerprint density at radius 1 is 0.958 bits per heavy atom. The van der Waals surface area contributed by atoms with Crippen molar-refractivity contribution in [2.24, 2.45) is 0 Å². The van der Waals surface area contributed by atoms with Crippen molar-refractivity contribution in [3.8, 4) is 0 Å². The first-order valence-corrected chi connectivity index (χ1v) is 8.10. The SMILES string of the molecule is C=Cc1ccc2c(c1)C1(C=C2O)CC(C)(O)c2ccc(C=C)cc21. The zero-order chi connectivity index (χ0) is 17.1. The molecule has 0 amide bonds. The monoisotopic (exact) mass is 316 g/mol. The fourth-order valence-corrected chi connectivity index (χ4v) is 4.30. The van der Waals surface area contributed by atoms with Crippen LogP contribution in [0.15, 0.2) is 55.6 Å². The highest BCUT2D eigenvalue weighted by molar-refractivity contribution is 5.78. The molecule has 2 aromatic rings. The zero-order valence-electron chi connectivity index (χ0n) is 13.7. The highest BCUT2D eigenvalue weighted by Gasteiger charge is 2.52.